The average Bonchev–Trinajstić information content (AvgIpc) is 2.23. The van der Waals surface area contributed by atoms with Crippen LogP contribution in [0.2, 0.25) is 0 Å². The van der Waals surface area contributed by atoms with Crippen LogP contribution in [-0.4, -0.2) is 24.6 Å². The third kappa shape index (κ3) is 4.22. The largest absolute Gasteiger partial charge is 0.474 e. The number of anilines is 2. The van der Waals surface area contributed by atoms with Gasteiger partial charge in [-0.15, -0.1) is 0 Å². The number of hydrogen-bond donors (Lipinski definition) is 3. The van der Waals surface area contributed by atoms with Crippen molar-refractivity contribution in [3.63, 3.8) is 0 Å². The van der Waals surface area contributed by atoms with E-state index < -0.39 is 10.4 Å². The molecule has 0 saturated carbocycles. The fourth-order valence-electron chi connectivity index (χ4n) is 1.08. The van der Waals surface area contributed by atoms with Crippen molar-refractivity contribution in [2.45, 2.75) is 19.8 Å². The summed E-state index contributed by atoms with van der Waals surface area (Å²) < 4.78 is 39.4. The van der Waals surface area contributed by atoms with Gasteiger partial charge in [-0.1, -0.05) is 18.3 Å². The highest BCUT2D eigenvalue weighted by Crippen LogP contribution is 2.10. The number of aromatic nitrogens is 2. The van der Waals surface area contributed by atoms with Gasteiger partial charge in [0.1, 0.15) is 0 Å². The van der Waals surface area contributed by atoms with Gasteiger partial charge in [-0.05, 0) is 11.2 Å². The molecule has 5 N–H and O–H groups in total. The van der Waals surface area contributed by atoms with Crippen molar-refractivity contribution in [1.82, 2.24) is 4.98 Å². The van der Waals surface area contributed by atoms with Crippen LogP contribution in [0.5, 0.6) is 5.88 Å². The second-order valence-electron chi connectivity index (χ2n) is 3.38. The Morgan fingerprint density at radius 2 is 2.17 bits per heavy atom. The molecule has 0 bridgehead atoms. The molecule has 0 amide bonds. The highest BCUT2D eigenvalue weighted by atomic mass is 32.3. The lowest BCUT2D eigenvalue weighted by atomic mass is 10.4. The third-order valence-electron chi connectivity index (χ3n) is 1.86. The van der Waals surface area contributed by atoms with Gasteiger partial charge in [0.05, 0.1) is 12.7 Å². The second kappa shape index (κ2) is 5.69. The number of nitrogens with zero attached hydrogens (tertiary/aromatic N) is 2. The fourth-order valence-corrected chi connectivity index (χ4v) is 1.43. The highest BCUT2D eigenvalue weighted by Gasteiger charge is 2.20. The lowest BCUT2D eigenvalue weighted by Crippen LogP contribution is -2.50. The molecule has 0 aliphatic heterocycles. The number of hydrogen-bond acceptors (Lipinski definition) is 7. The first-order valence-corrected chi connectivity index (χ1v) is 6.48. The van der Waals surface area contributed by atoms with E-state index in [0.29, 0.717) is 11.3 Å². The first-order chi connectivity index (χ1) is 8.33. The van der Waals surface area contributed by atoms with Crippen LogP contribution in [0.3, 0.4) is 0 Å². The van der Waals surface area contributed by atoms with Gasteiger partial charge in [-0.3, -0.25) is 4.55 Å². The molecule has 0 atom stereocenters. The molecule has 0 spiro atoms. The predicted molar refractivity (Wildman–Crippen MR) is 61.8 cm³/mol. The molecule has 1 aromatic heterocycles. The van der Waals surface area contributed by atoms with Crippen LogP contribution in [0.15, 0.2) is 6.07 Å². The molecule has 9 nitrogen and oxygen atoms in total. The summed E-state index contributed by atoms with van der Waals surface area (Å²) in [6, 6.07) is 1.23. The van der Waals surface area contributed by atoms with Crippen molar-refractivity contribution < 1.29 is 26.7 Å². The summed E-state index contributed by atoms with van der Waals surface area (Å²) in [4.78, 5) is 3.73. The molecule has 102 valence electrons. The van der Waals surface area contributed by atoms with Gasteiger partial charge < -0.3 is 16.2 Å². The summed E-state index contributed by atoms with van der Waals surface area (Å²) in [7, 11) is -4.73. The van der Waals surface area contributed by atoms with Crippen LogP contribution in [0, 0.1) is 0 Å². The molecular weight excluding hydrogens is 264 g/mol. The average molecular weight is 279 g/mol. The Kier molecular flexibility index (Phi) is 4.50. The molecule has 0 unspecified atom stereocenters. The van der Waals surface area contributed by atoms with Crippen LogP contribution < -0.4 is 25.2 Å². The fraction of sp³-hybridized carbons (Fsp3) is 0.500. The molecule has 0 aliphatic rings. The van der Waals surface area contributed by atoms with Crippen molar-refractivity contribution >= 4 is 22.2 Å². The van der Waals surface area contributed by atoms with E-state index >= 15 is 0 Å². The van der Waals surface area contributed by atoms with Crippen LogP contribution in [-0.2, 0) is 10.4 Å². The zero-order chi connectivity index (χ0) is 13.8. The molecule has 0 aromatic carbocycles. The Bertz CT molecular complexity index is 495. The minimum absolute atomic E-state index is 0.147. The number of ether oxygens (including phenoxy) is 1. The monoisotopic (exact) mass is 279 g/mol. The Hall–Kier alpha value is -1.81. The lowest BCUT2D eigenvalue weighted by molar-refractivity contribution is -0.835. The molecule has 1 rings (SSSR count). The van der Waals surface area contributed by atoms with Gasteiger partial charge in [0.25, 0.3) is 5.88 Å². The molecule has 18 heavy (non-hydrogen) atoms. The van der Waals surface area contributed by atoms with Crippen molar-refractivity contribution in [2.75, 3.05) is 18.1 Å². The lowest BCUT2D eigenvalue weighted by Gasteiger charge is -2.06. The van der Waals surface area contributed by atoms with Gasteiger partial charge >= 0.3 is 16.3 Å². The quantitative estimate of drug-likeness (QED) is 0.340. The maximum Gasteiger partial charge on any atom is 0.474 e. The minimum Gasteiger partial charge on any atom is -0.469 e. The number of nitrogens with two attached hydrogens (primary N) is 2. The van der Waals surface area contributed by atoms with Crippen molar-refractivity contribution in [3.8, 4) is 5.88 Å². The molecule has 0 fully saturated rings. The minimum atomic E-state index is -4.73. The van der Waals surface area contributed by atoms with Crippen molar-refractivity contribution in [3.05, 3.63) is 6.07 Å². The van der Waals surface area contributed by atoms with Gasteiger partial charge in [0, 0.05) is 0 Å². The maximum atomic E-state index is 10.5. The van der Waals surface area contributed by atoms with E-state index in [2.05, 4.69) is 9.27 Å². The van der Waals surface area contributed by atoms with E-state index in [1.807, 2.05) is 6.92 Å². The Morgan fingerprint density at radius 1 is 1.50 bits per heavy atom. The number of rotatable bonds is 6. The van der Waals surface area contributed by atoms with Crippen molar-refractivity contribution in [1.29, 1.82) is 0 Å². The van der Waals surface area contributed by atoms with Crippen LogP contribution in [0.4, 0.5) is 11.8 Å². The third-order valence-corrected chi connectivity index (χ3v) is 2.19. The zero-order valence-corrected chi connectivity index (χ0v) is 10.6. The van der Waals surface area contributed by atoms with E-state index in [4.69, 9.17) is 20.8 Å². The second-order valence-corrected chi connectivity index (χ2v) is 4.38. The summed E-state index contributed by atoms with van der Waals surface area (Å²) in [5, 5.41) is 0. The predicted octanol–water partition coefficient (Wildman–Crippen LogP) is -1.06. The van der Waals surface area contributed by atoms with E-state index in [1.165, 1.54) is 6.07 Å². The first-order valence-electron chi connectivity index (χ1n) is 5.11. The summed E-state index contributed by atoms with van der Waals surface area (Å²) in [5.41, 5.74) is 10.9. The molecular formula is C8H15N4O5S+. The van der Waals surface area contributed by atoms with E-state index in [9.17, 15) is 8.42 Å². The topological polar surface area (TPSA) is 142 Å². The van der Waals surface area contributed by atoms with E-state index in [1.54, 1.807) is 0 Å². The van der Waals surface area contributed by atoms with Gasteiger partial charge in [-0.25, -0.2) is 4.28 Å². The maximum absolute atomic E-state index is 10.5. The molecule has 1 heterocycles. The highest BCUT2D eigenvalue weighted by molar-refractivity contribution is 7.80. The van der Waals surface area contributed by atoms with E-state index in [-0.39, 0.29) is 17.6 Å². The molecule has 0 saturated heterocycles. The molecule has 10 heteroatoms. The Morgan fingerprint density at radius 3 is 2.67 bits per heavy atom. The van der Waals surface area contributed by atoms with Crippen LogP contribution in [0.25, 0.3) is 0 Å². The Balaban J connectivity index is 2.90. The van der Waals surface area contributed by atoms with Gasteiger partial charge in [-0.2, -0.15) is 8.42 Å². The molecule has 0 radical (unpaired) electrons. The van der Waals surface area contributed by atoms with Crippen LogP contribution in [0.1, 0.15) is 19.8 Å². The van der Waals surface area contributed by atoms with Gasteiger partial charge in [0.2, 0.25) is 5.82 Å². The van der Waals surface area contributed by atoms with Gasteiger partial charge in [0.15, 0.2) is 0 Å². The van der Waals surface area contributed by atoms with Crippen molar-refractivity contribution in [2.24, 2.45) is 0 Å². The zero-order valence-electron chi connectivity index (χ0n) is 9.74. The smallest absolute Gasteiger partial charge is 0.469 e. The first kappa shape index (κ1) is 14.3. The molecule has 0 aliphatic carbocycles. The SMILES string of the molecule is CCCCOc1cc(N)[n+](OS(=O)(=O)O)c(N)n1. The Labute approximate surface area is 104 Å². The number of nitrogen functional groups attached to an aromatic ring is 2. The van der Waals surface area contributed by atoms with Crippen LogP contribution >= 0.6 is 0 Å². The van der Waals surface area contributed by atoms with E-state index in [0.717, 1.165) is 12.8 Å². The summed E-state index contributed by atoms with van der Waals surface area (Å²) in [6.07, 6.45) is 1.78. The summed E-state index contributed by atoms with van der Waals surface area (Å²) in [5.74, 6) is -0.389. The summed E-state index contributed by atoms with van der Waals surface area (Å²) in [6.45, 7) is 2.43. The normalized spacial score (nSPS) is 11.2. The number of unbranched alkanes of at least 4 members (excludes halogenated alkanes) is 1. The molecule has 1 aromatic rings. The standard InChI is InChI=1S/C8H14N4O5S/c1-2-3-4-16-7-5-6(9)12(8(10)11-7)17-18(13,14)15/h5H,2-4H2,1H3,(H4,9,10,11,13,14,15)/p+1. The summed E-state index contributed by atoms with van der Waals surface area (Å²) >= 11 is 0.